The highest BCUT2D eigenvalue weighted by Gasteiger charge is 2.19. The SMILES string of the molecule is CC[C@H](C)N(C)C(=O)c1cc(COc2ccccc2OC)[nH]n1. The second-order valence-corrected chi connectivity index (χ2v) is 5.39. The summed E-state index contributed by atoms with van der Waals surface area (Å²) in [4.78, 5) is 14.0. The van der Waals surface area contributed by atoms with Crippen molar-refractivity contribution in [1.29, 1.82) is 0 Å². The maximum absolute atomic E-state index is 12.3. The van der Waals surface area contributed by atoms with Gasteiger partial charge in [-0.1, -0.05) is 19.1 Å². The Morgan fingerprint density at radius 3 is 2.70 bits per heavy atom. The summed E-state index contributed by atoms with van der Waals surface area (Å²) in [5.41, 5.74) is 1.13. The largest absolute Gasteiger partial charge is 0.493 e. The van der Waals surface area contributed by atoms with E-state index in [1.54, 1.807) is 25.1 Å². The Balaban J connectivity index is 2.01. The monoisotopic (exact) mass is 317 g/mol. The van der Waals surface area contributed by atoms with Crippen molar-refractivity contribution in [3.63, 3.8) is 0 Å². The lowest BCUT2D eigenvalue weighted by Crippen LogP contribution is -2.34. The van der Waals surface area contributed by atoms with Crippen LogP contribution >= 0.6 is 0 Å². The molecule has 0 unspecified atom stereocenters. The Labute approximate surface area is 136 Å². The molecule has 6 heteroatoms. The highest BCUT2D eigenvalue weighted by molar-refractivity contribution is 5.92. The normalized spacial score (nSPS) is 11.8. The van der Waals surface area contributed by atoms with Gasteiger partial charge in [0.15, 0.2) is 17.2 Å². The minimum Gasteiger partial charge on any atom is -0.493 e. The summed E-state index contributed by atoms with van der Waals surface area (Å²) >= 11 is 0. The van der Waals surface area contributed by atoms with Gasteiger partial charge in [0.25, 0.3) is 5.91 Å². The van der Waals surface area contributed by atoms with Gasteiger partial charge in [0.05, 0.1) is 12.8 Å². The molecular formula is C17H23N3O3. The van der Waals surface area contributed by atoms with Crippen LogP contribution in [-0.4, -0.2) is 41.2 Å². The third kappa shape index (κ3) is 4.03. The smallest absolute Gasteiger partial charge is 0.274 e. The van der Waals surface area contributed by atoms with Gasteiger partial charge in [-0.3, -0.25) is 9.89 Å². The molecule has 1 aromatic heterocycles. The Hall–Kier alpha value is -2.50. The van der Waals surface area contributed by atoms with Gasteiger partial charge < -0.3 is 14.4 Å². The van der Waals surface area contributed by atoms with E-state index >= 15 is 0 Å². The highest BCUT2D eigenvalue weighted by atomic mass is 16.5. The van der Waals surface area contributed by atoms with Crippen LogP contribution in [0.5, 0.6) is 11.5 Å². The van der Waals surface area contributed by atoms with Crippen molar-refractivity contribution in [2.24, 2.45) is 0 Å². The number of para-hydroxylation sites is 2. The molecule has 2 rings (SSSR count). The number of nitrogens with one attached hydrogen (secondary N) is 1. The van der Waals surface area contributed by atoms with E-state index in [9.17, 15) is 4.79 Å². The number of ether oxygens (including phenoxy) is 2. The molecule has 0 saturated heterocycles. The van der Waals surface area contributed by atoms with E-state index in [4.69, 9.17) is 9.47 Å². The summed E-state index contributed by atoms with van der Waals surface area (Å²) in [7, 11) is 3.39. The van der Waals surface area contributed by atoms with Crippen molar-refractivity contribution in [1.82, 2.24) is 15.1 Å². The maximum Gasteiger partial charge on any atom is 0.274 e. The van der Waals surface area contributed by atoms with E-state index in [1.165, 1.54) is 0 Å². The fourth-order valence-electron chi connectivity index (χ4n) is 2.09. The number of rotatable bonds is 7. The van der Waals surface area contributed by atoms with Crippen LogP contribution in [-0.2, 0) is 6.61 Å². The predicted octanol–water partition coefficient (Wildman–Crippen LogP) is 2.87. The fraction of sp³-hybridized carbons (Fsp3) is 0.412. The summed E-state index contributed by atoms with van der Waals surface area (Å²) in [5.74, 6) is 1.22. The number of H-pyrrole nitrogens is 1. The third-order valence-electron chi connectivity index (χ3n) is 3.87. The molecular weight excluding hydrogens is 294 g/mol. The predicted molar refractivity (Wildman–Crippen MR) is 87.8 cm³/mol. The van der Waals surface area contributed by atoms with Crippen LogP contribution in [0.25, 0.3) is 0 Å². The van der Waals surface area contributed by atoms with Gasteiger partial charge in [-0.15, -0.1) is 0 Å². The van der Waals surface area contributed by atoms with E-state index in [2.05, 4.69) is 10.2 Å². The zero-order chi connectivity index (χ0) is 16.8. The topological polar surface area (TPSA) is 67.5 Å². The molecule has 23 heavy (non-hydrogen) atoms. The molecule has 6 nitrogen and oxygen atoms in total. The Kier molecular flexibility index (Phi) is 5.62. The zero-order valence-electron chi connectivity index (χ0n) is 14.0. The molecule has 0 radical (unpaired) electrons. The first-order chi connectivity index (χ1) is 11.1. The van der Waals surface area contributed by atoms with Crippen molar-refractivity contribution in [3.05, 3.63) is 41.7 Å². The molecule has 0 aliphatic heterocycles. The van der Waals surface area contributed by atoms with Gasteiger partial charge in [-0.2, -0.15) is 5.10 Å². The molecule has 0 saturated carbocycles. The average Bonchev–Trinajstić information content (AvgIpc) is 3.07. The van der Waals surface area contributed by atoms with E-state index in [1.807, 2.05) is 38.1 Å². The molecule has 124 valence electrons. The lowest BCUT2D eigenvalue weighted by molar-refractivity contribution is 0.0734. The van der Waals surface area contributed by atoms with Crippen molar-refractivity contribution in [3.8, 4) is 11.5 Å². The van der Waals surface area contributed by atoms with Crippen LogP contribution in [0.2, 0.25) is 0 Å². The zero-order valence-corrected chi connectivity index (χ0v) is 14.0. The second kappa shape index (κ2) is 7.67. The summed E-state index contributed by atoms with van der Waals surface area (Å²) in [6, 6.07) is 9.31. The van der Waals surface area contributed by atoms with Gasteiger partial charge in [-0.05, 0) is 31.5 Å². The highest BCUT2D eigenvalue weighted by Crippen LogP contribution is 2.26. The number of aromatic amines is 1. The molecule has 1 amide bonds. The number of nitrogens with zero attached hydrogens (tertiary/aromatic N) is 2. The molecule has 2 aromatic rings. The van der Waals surface area contributed by atoms with Crippen molar-refractivity contribution in [2.45, 2.75) is 32.9 Å². The number of carbonyl (C=O) groups is 1. The van der Waals surface area contributed by atoms with E-state index < -0.39 is 0 Å². The summed E-state index contributed by atoms with van der Waals surface area (Å²) in [6.45, 7) is 4.34. The Bertz CT molecular complexity index is 654. The summed E-state index contributed by atoms with van der Waals surface area (Å²) < 4.78 is 11.0. The molecule has 0 aliphatic carbocycles. The molecule has 0 spiro atoms. The lowest BCUT2D eigenvalue weighted by atomic mass is 10.2. The van der Waals surface area contributed by atoms with Crippen LogP contribution in [0.3, 0.4) is 0 Å². The number of amides is 1. The molecule has 1 atom stereocenters. The van der Waals surface area contributed by atoms with E-state index in [-0.39, 0.29) is 18.6 Å². The quantitative estimate of drug-likeness (QED) is 0.852. The Morgan fingerprint density at radius 1 is 1.35 bits per heavy atom. The third-order valence-corrected chi connectivity index (χ3v) is 3.87. The van der Waals surface area contributed by atoms with E-state index in [0.717, 1.165) is 12.1 Å². The minimum atomic E-state index is -0.0980. The van der Waals surface area contributed by atoms with Crippen LogP contribution < -0.4 is 9.47 Å². The van der Waals surface area contributed by atoms with Crippen LogP contribution in [0.1, 0.15) is 36.5 Å². The van der Waals surface area contributed by atoms with Crippen LogP contribution in [0, 0.1) is 0 Å². The van der Waals surface area contributed by atoms with Gasteiger partial charge in [-0.25, -0.2) is 0 Å². The number of hydrogen-bond acceptors (Lipinski definition) is 4. The number of carbonyl (C=O) groups excluding carboxylic acids is 1. The number of hydrogen-bond donors (Lipinski definition) is 1. The average molecular weight is 317 g/mol. The number of aromatic nitrogens is 2. The van der Waals surface area contributed by atoms with Crippen molar-refractivity contribution in [2.75, 3.05) is 14.2 Å². The first-order valence-corrected chi connectivity index (χ1v) is 7.64. The molecule has 1 N–H and O–H groups in total. The summed E-state index contributed by atoms with van der Waals surface area (Å²) in [6.07, 6.45) is 0.899. The van der Waals surface area contributed by atoms with Gasteiger partial charge in [0, 0.05) is 13.1 Å². The summed E-state index contributed by atoms with van der Waals surface area (Å²) in [5, 5.41) is 6.92. The van der Waals surface area contributed by atoms with Gasteiger partial charge in [0.2, 0.25) is 0 Å². The van der Waals surface area contributed by atoms with Crippen LogP contribution in [0.15, 0.2) is 30.3 Å². The van der Waals surface area contributed by atoms with Crippen molar-refractivity contribution >= 4 is 5.91 Å². The van der Waals surface area contributed by atoms with Gasteiger partial charge in [0.1, 0.15) is 6.61 Å². The standard InChI is InChI=1S/C17H23N3O3/c1-5-12(2)20(3)17(21)14-10-13(18-19-14)11-23-16-9-7-6-8-15(16)22-4/h6-10,12H,5,11H2,1-4H3,(H,18,19)/t12-/m0/s1. The molecule has 0 bridgehead atoms. The number of methoxy groups -OCH3 is 1. The molecule has 1 heterocycles. The minimum absolute atomic E-state index is 0.0980. The number of benzene rings is 1. The van der Waals surface area contributed by atoms with Crippen molar-refractivity contribution < 1.29 is 14.3 Å². The maximum atomic E-state index is 12.3. The molecule has 0 aliphatic rings. The first kappa shape index (κ1) is 16.9. The Morgan fingerprint density at radius 2 is 2.04 bits per heavy atom. The molecule has 0 fully saturated rings. The second-order valence-electron chi connectivity index (χ2n) is 5.39. The molecule has 1 aromatic carbocycles. The van der Waals surface area contributed by atoms with Gasteiger partial charge >= 0.3 is 0 Å². The first-order valence-electron chi connectivity index (χ1n) is 7.64. The van der Waals surface area contributed by atoms with Crippen LogP contribution in [0.4, 0.5) is 0 Å². The fourth-order valence-corrected chi connectivity index (χ4v) is 2.09. The van der Waals surface area contributed by atoms with E-state index in [0.29, 0.717) is 17.2 Å². The lowest BCUT2D eigenvalue weighted by Gasteiger charge is -2.22.